The first-order valence-corrected chi connectivity index (χ1v) is 3.85. The standard InChI is InChI=1S/C10H11NO2/c1-7(2)9-6-8(4-5-11-9)10(12)13-3/h4-6H,1H2,2-3H3. The largest absolute Gasteiger partial charge is 0.465 e. The Morgan fingerprint density at radius 2 is 2.31 bits per heavy atom. The van der Waals surface area contributed by atoms with Crippen LogP contribution in [0.4, 0.5) is 0 Å². The Labute approximate surface area is 77.1 Å². The molecule has 0 bridgehead atoms. The van der Waals surface area contributed by atoms with Crippen molar-refractivity contribution in [1.82, 2.24) is 4.98 Å². The molecule has 0 spiro atoms. The summed E-state index contributed by atoms with van der Waals surface area (Å²) in [6.45, 7) is 5.57. The minimum atomic E-state index is -0.357. The van der Waals surface area contributed by atoms with Gasteiger partial charge in [0.25, 0.3) is 0 Å². The smallest absolute Gasteiger partial charge is 0.337 e. The van der Waals surface area contributed by atoms with Crippen LogP contribution in [0, 0.1) is 0 Å². The van der Waals surface area contributed by atoms with Crippen LogP contribution in [-0.4, -0.2) is 18.1 Å². The second-order valence-corrected chi connectivity index (χ2v) is 2.70. The first-order chi connectivity index (χ1) is 6.15. The van der Waals surface area contributed by atoms with Crippen molar-refractivity contribution in [2.45, 2.75) is 6.92 Å². The molecule has 0 amide bonds. The summed E-state index contributed by atoms with van der Waals surface area (Å²) in [5.74, 6) is -0.357. The predicted molar refractivity (Wildman–Crippen MR) is 50.3 cm³/mol. The van der Waals surface area contributed by atoms with Gasteiger partial charge in [-0.05, 0) is 24.6 Å². The lowest BCUT2D eigenvalue weighted by Gasteiger charge is -2.01. The van der Waals surface area contributed by atoms with Crippen LogP contribution in [-0.2, 0) is 4.74 Å². The minimum absolute atomic E-state index is 0.357. The molecule has 0 fully saturated rings. The van der Waals surface area contributed by atoms with E-state index in [2.05, 4.69) is 16.3 Å². The highest BCUT2D eigenvalue weighted by Crippen LogP contribution is 2.10. The van der Waals surface area contributed by atoms with E-state index in [9.17, 15) is 4.79 Å². The van der Waals surface area contributed by atoms with Crippen molar-refractivity contribution in [1.29, 1.82) is 0 Å². The van der Waals surface area contributed by atoms with Gasteiger partial charge in [-0.15, -0.1) is 0 Å². The molecular formula is C10H11NO2. The maximum Gasteiger partial charge on any atom is 0.337 e. The second-order valence-electron chi connectivity index (χ2n) is 2.70. The van der Waals surface area contributed by atoms with E-state index in [1.54, 1.807) is 18.3 Å². The lowest BCUT2D eigenvalue weighted by Crippen LogP contribution is -2.02. The summed E-state index contributed by atoms with van der Waals surface area (Å²) >= 11 is 0. The van der Waals surface area contributed by atoms with Crippen LogP contribution in [0.25, 0.3) is 5.57 Å². The molecule has 0 radical (unpaired) electrons. The lowest BCUT2D eigenvalue weighted by atomic mass is 10.1. The van der Waals surface area contributed by atoms with Gasteiger partial charge in [-0.1, -0.05) is 6.58 Å². The second kappa shape index (κ2) is 3.85. The van der Waals surface area contributed by atoms with E-state index in [4.69, 9.17) is 0 Å². The Bertz CT molecular complexity index is 345. The first-order valence-electron chi connectivity index (χ1n) is 3.85. The lowest BCUT2D eigenvalue weighted by molar-refractivity contribution is 0.0600. The predicted octanol–water partition coefficient (Wildman–Crippen LogP) is 1.90. The van der Waals surface area contributed by atoms with Gasteiger partial charge in [0.2, 0.25) is 0 Å². The third-order valence-corrected chi connectivity index (χ3v) is 1.62. The fraction of sp³-hybridized carbons (Fsp3) is 0.200. The van der Waals surface area contributed by atoms with E-state index in [0.717, 1.165) is 5.57 Å². The third kappa shape index (κ3) is 2.15. The van der Waals surface area contributed by atoms with E-state index in [1.165, 1.54) is 7.11 Å². The van der Waals surface area contributed by atoms with Gasteiger partial charge in [-0.25, -0.2) is 4.79 Å². The number of carbonyl (C=O) groups is 1. The van der Waals surface area contributed by atoms with Crippen LogP contribution in [0.15, 0.2) is 24.9 Å². The molecule has 0 N–H and O–H groups in total. The molecule has 3 heteroatoms. The molecule has 1 rings (SSSR count). The van der Waals surface area contributed by atoms with Crippen LogP contribution in [0.3, 0.4) is 0 Å². The molecule has 1 aromatic heterocycles. The molecule has 3 nitrogen and oxygen atoms in total. The van der Waals surface area contributed by atoms with Crippen molar-refractivity contribution in [3.63, 3.8) is 0 Å². The molecular weight excluding hydrogens is 166 g/mol. The highest BCUT2D eigenvalue weighted by atomic mass is 16.5. The minimum Gasteiger partial charge on any atom is -0.465 e. The fourth-order valence-corrected chi connectivity index (χ4v) is 0.909. The average molecular weight is 177 g/mol. The normalized spacial score (nSPS) is 9.38. The van der Waals surface area contributed by atoms with E-state index < -0.39 is 0 Å². The number of pyridine rings is 1. The SMILES string of the molecule is C=C(C)c1cc(C(=O)OC)ccn1. The van der Waals surface area contributed by atoms with Crippen LogP contribution >= 0.6 is 0 Å². The summed E-state index contributed by atoms with van der Waals surface area (Å²) in [6, 6.07) is 3.27. The van der Waals surface area contributed by atoms with Crippen LogP contribution < -0.4 is 0 Å². The van der Waals surface area contributed by atoms with Crippen molar-refractivity contribution in [2.24, 2.45) is 0 Å². The number of carbonyl (C=O) groups excluding carboxylic acids is 1. The quantitative estimate of drug-likeness (QED) is 0.647. The van der Waals surface area contributed by atoms with E-state index >= 15 is 0 Å². The molecule has 0 aromatic carbocycles. The summed E-state index contributed by atoms with van der Waals surface area (Å²) in [7, 11) is 1.35. The van der Waals surface area contributed by atoms with Gasteiger partial charge in [-0.3, -0.25) is 4.98 Å². The number of esters is 1. The van der Waals surface area contributed by atoms with Crippen molar-refractivity contribution >= 4 is 11.5 Å². The van der Waals surface area contributed by atoms with Crippen LogP contribution in [0.1, 0.15) is 23.0 Å². The molecule has 0 saturated carbocycles. The molecule has 0 atom stereocenters. The van der Waals surface area contributed by atoms with Gasteiger partial charge < -0.3 is 4.74 Å². The van der Waals surface area contributed by atoms with Crippen molar-refractivity contribution < 1.29 is 9.53 Å². The summed E-state index contributed by atoms with van der Waals surface area (Å²) in [5.41, 5.74) is 2.03. The van der Waals surface area contributed by atoms with E-state index in [0.29, 0.717) is 11.3 Å². The number of ether oxygens (including phenoxy) is 1. The first kappa shape index (κ1) is 9.45. The Morgan fingerprint density at radius 3 is 2.85 bits per heavy atom. The van der Waals surface area contributed by atoms with Gasteiger partial charge in [-0.2, -0.15) is 0 Å². The number of rotatable bonds is 2. The Hall–Kier alpha value is -1.64. The number of aromatic nitrogens is 1. The number of hydrogen-bond donors (Lipinski definition) is 0. The molecule has 1 aromatic rings. The molecule has 0 aliphatic carbocycles. The number of allylic oxidation sites excluding steroid dienone is 1. The number of nitrogens with zero attached hydrogens (tertiary/aromatic N) is 1. The van der Waals surface area contributed by atoms with Gasteiger partial charge >= 0.3 is 5.97 Å². The highest BCUT2D eigenvalue weighted by Gasteiger charge is 2.05. The van der Waals surface area contributed by atoms with Gasteiger partial charge in [0, 0.05) is 6.20 Å². The van der Waals surface area contributed by atoms with E-state index in [-0.39, 0.29) is 5.97 Å². The molecule has 13 heavy (non-hydrogen) atoms. The summed E-state index contributed by atoms with van der Waals surface area (Å²) < 4.78 is 4.57. The average Bonchev–Trinajstić information content (AvgIpc) is 2.17. The van der Waals surface area contributed by atoms with Gasteiger partial charge in [0.05, 0.1) is 18.4 Å². The molecule has 0 unspecified atom stereocenters. The van der Waals surface area contributed by atoms with E-state index in [1.807, 2.05) is 6.92 Å². The number of methoxy groups -OCH3 is 1. The molecule has 0 saturated heterocycles. The monoisotopic (exact) mass is 177 g/mol. The summed E-state index contributed by atoms with van der Waals surface area (Å²) in [6.07, 6.45) is 1.57. The van der Waals surface area contributed by atoms with Gasteiger partial charge in [0.1, 0.15) is 0 Å². The zero-order chi connectivity index (χ0) is 9.84. The highest BCUT2D eigenvalue weighted by molar-refractivity contribution is 5.89. The van der Waals surface area contributed by atoms with Crippen molar-refractivity contribution in [3.05, 3.63) is 36.2 Å². The third-order valence-electron chi connectivity index (χ3n) is 1.62. The molecule has 68 valence electrons. The molecule has 0 aliphatic rings. The topological polar surface area (TPSA) is 39.2 Å². The van der Waals surface area contributed by atoms with Crippen LogP contribution in [0.2, 0.25) is 0 Å². The summed E-state index contributed by atoms with van der Waals surface area (Å²) in [5, 5.41) is 0. The Morgan fingerprint density at radius 1 is 1.62 bits per heavy atom. The van der Waals surface area contributed by atoms with Gasteiger partial charge in [0.15, 0.2) is 0 Å². The van der Waals surface area contributed by atoms with Crippen LogP contribution in [0.5, 0.6) is 0 Å². The zero-order valence-electron chi connectivity index (χ0n) is 7.70. The summed E-state index contributed by atoms with van der Waals surface area (Å²) in [4.78, 5) is 15.2. The Balaban J connectivity index is 3.05. The molecule has 1 heterocycles. The maximum absolute atomic E-state index is 11.1. The fourth-order valence-electron chi connectivity index (χ4n) is 0.909. The molecule has 0 aliphatic heterocycles. The number of hydrogen-bond acceptors (Lipinski definition) is 3. The Kier molecular flexibility index (Phi) is 2.80. The van der Waals surface area contributed by atoms with Crippen molar-refractivity contribution in [2.75, 3.05) is 7.11 Å². The maximum atomic E-state index is 11.1. The van der Waals surface area contributed by atoms with Crippen molar-refractivity contribution in [3.8, 4) is 0 Å². The zero-order valence-corrected chi connectivity index (χ0v) is 7.70.